The van der Waals surface area contributed by atoms with Gasteiger partial charge in [0.2, 0.25) is 0 Å². The van der Waals surface area contributed by atoms with E-state index in [4.69, 9.17) is 9.47 Å². The molecule has 0 aliphatic carbocycles. The Hall–Kier alpha value is -3.54. The first-order valence-electron chi connectivity index (χ1n) is 8.88. The standard InChI is InChI=1S/C22H23N3O3/c1-4-14-24(15-17-10-12-19(27-2)13-11-17)22(26)21-20(28-3)16-25(23-21)18-8-6-5-7-9-18/h4-13,16H,1,14-15H2,2-3H3. The van der Waals surface area contributed by atoms with Crippen molar-refractivity contribution in [2.24, 2.45) is 0 Å². The van der Waals surface area contributed by atoms with Crippen molar-refractivity contribution in [1.82, 2.24) is 14.7 Å². The van der Waals surface area contributed by atoms with Crippen molar-refractivity contribution in [3.05, 3.63) is 84.7 Å². The normalized spacial score (nSPS) is 10.4. The zero-order valence-electron chi connectivity index (χ0n) is 16.0. The van der Waals surface area contributed by atoms with Crippen molar-refractivity contribution < 1.29 is 14.3 Å². The van der Waals surface area contributed by atoms with Crippen LogP contribution in [0, 0.1) is 0 Å². The van der Waals surface area contributed by atoms with Crippen molar-refractivity contribution >= 4 is 5.91 Å². The zero-order valence-corrected chi connectivity index (χ0v) is 16.0. The second kappa shape index (κ2) is 8.90. The van der Waals surface area contributed by atoms with Gasteiger partial charge < -0.3 is 14.4 Å². The maximum Gasteiger partial charge on any atom is 0.278 e. The molecule has 144 valence electrons. The van der Waals surface area contributed by atoms with Crippen LogP contribution in [-0.4, -0.2) is 41.4 Å². The van der Waals surface area contributed by atoms with Crippen LogP contribution in [0.2, 0.25) is 0 Å². The molecule has 6 nitrogen and oxygen atoms in total. The van der Waals surface area contributed by atoms with Gasteiger partial charge >= 0.3 is 0 Å². The van der Waals surface area contributed by atoms with Crippen LogP contribution in [-0.2, 0) is 6.54 Å². The van der Waals surface area contributed by atoms with Crippen LogP contribution in [0.1, 0.15) is 16.1 Å². The van der Waals surface area contributed by atoms with Gasteiger partial charge in [0.15, 0.2) is 11.4 Å². The molecule has 28 heavy (non-hydrogen) atoms. The molecule has 0 N–H and O–H groups in total. The number of hydrogen-bond donors (Lipinski definition) is 0. The Morgan fingerprint density at radius 3 is 2.43 bits per heavy atom. The van der Waals surface area contributed by atoms with Crippen LogP contribution >= 0.6 is 0 Å². The van der Waals surface area contributed by atoms with E-state index in [1.165, 1.54) is 7.11 Å². The molecule has 1 heterocycles. The summed E-state index contributed by atoms with van der Waals surface area (Å²) in [5.74, 6) is 0.980. The van der Waals surface area contributed by atoms with Crippen LogP contribution in [0.4, 0.5) is 0 Å². The summed E-state index contributed by atoms with van der Waals surface area (Å²) in [5, 5.41) is 4.47. The first kappa shape index (κ1) is 19.2. The van der Waals surface area contributed by atoms with Crippen LogP contribution in [0.5, 0.6) is 11.5 Å². The molecule has 0 saturated heterocycles. The van der Waals surface area contributed by atoms with E-state index in [2.05, 4.69) is 11.7 Å². The summed E-state index contributed by atoms with van der Waals surface area (Å²) in [6.07, 6.45) is 3.41. The van der Waals surface area contributed by atoms with E-state index in [1.807, 2.05) is 54.6 Å². The lowest BCUT2D eigenvalue weighted by atomic mass is 10.2. The second-order valence-electron chi connectivity index (χ2n) is 6.15. The maximum atomic E-state index is 13.2. The van der Waals surface area contributed by atoms with E-state index in [1.54, 1.807) is 29.0 Å². The number of rotatable bonds is 8. The highest BCUT2D eigenvalue weighted by molar-refractivity contribution is 5.95. The van der Waals surface area contributed by atoms with E-state index in [9.17, 15) is 4.79 Å². The Labute approximate surface area is 164 Å². The van der Waals surface area contributed by atoms with Crippen LogP contribution in [0.15, 0.2) is 73.4 Å². The molecule has 0 atom stereocenters. The molecule has 0 fully saturated rings. The molecule has 0 saturated carbocycles. The Morgan fingerprint density at radius 1 is 1.11 bits per heavy atom. The molecule has 0 unspecified atom stereocenters. The molecule has 0 aliphatic rings. The molecule has 3 rings (SSSR count). The van der Waals surface area contributed by atoms with Gasteiger partial charge in [-0.25, -0.2) is 4.68 Å². The minimum atomic E-state index is -0.220. The van der Waals surface area contributed by atoms with Crippen molar-refractivity contribution in [2.75, 3.05) is 20.8 Å². The maximum absolute atomic E-state index is 13.2. The predicted octanol–water partition coefficient (Wildman–Crippen LogP) is 3.72. The number of carbonyl (C=O) groups is 1. The number of nitrogens with zero attached hydrogens (tertiary/aromatic N) is 3. The molecular formula is C22H23N3O3. The highest BCUT2D eigenvalue weighted by atomic mass is 16.5. The molecule has 6 heteroatoms. The Bertz CT molecular complexity index is 933. The number of para-hydroxylation sites is 1. The fourth-order valence-electron chi connectivity index (χ4n) is 2.84. The van der Waals surface area contributed by atoms with Crippen molar-refractivity contribution in [1.29, 1.82) is 0 Å². The zero-order chi connectivity index (χ0) is 19.9. The van der Waals surface area contributed by atoms with Gasteiger partial charge in [-0.15, -0.1) is 6.58 Å². The third-order valence-electron chi connectivity index (χ3n) is 4.29. The fourth-order valence-corrected chi connectivity index (χ4v) is 2.84. The van der Waals surface area contributed by atoms with E-state index in [0.29, 0.717) is 18.8 Å². The molecule has 1 aromatic heterocycles. The van der Waals surface area contributed by atoms with Gasteiger partial charge in [0, 0.05) is 13.1 Å². The minimum Gasteiger partial charge on any atom is -0.497 e. The average molecular weight is 377 g/mol. The number of amides is 1. The van der Waals surface area contributed by atoms with Crippen LogP contribution < -0.4 is 9.47 Å². The Balaban J connectivity index is 1.88. The molecule has 0 radical (unpaired) electrons. The lowest BCUT2D eigenvalue weighted by molar-refractivity contribution is 0.0753. The van der Waals surface area contributed by atoms with Crippen LogP contribution in [0.3, 0.4) is 0 Å². The van der Waals surface area contributed by atoms with Gasteiger partial charge in [-0.1, -0.05) is 36.4 Å². The first-order valence-corrected chi connectivity index (χ1v) is 8.88. The SMILES string of the molecule is C=CCN(Cc1ccc(OC)cc1)C(=O)c1nn(-c2ccccc2)cc1OC. The minimum absolute atomic E-state index is 0.220. The highest BCUT2D eigenvalue weighted by Crippen LogP contribution is 2.22. The number of methoxy groups -OCH3 is 2. The Kier molecular flexibility index (Phi) is 6.11. The van der Waals surface area contributed by atoms with Crippen molar-refractivity contribution in [3.8, 4) is 17.2 Å². The van der Waals surface area contributed by atoms with Crippen molar-refractivity contribution in [2.45, 2.75) is 6.54 Å². The fraction of sp³-hybridized carbons (Fsp3) is 0.182. The molecule has 0 spiro atoms. The van der Waals surface area contributed by atoms with E-state index >= 15 is 0 Å². The average Bonchev–Trinajstić information content (AvgIpc) is 3.18. The van der Waals surface area contributed by atoms with Gasteiger partial charge in [0.1, 0.15) is 5.75 Å². The van der Waals surface area contributed by atoms with Crippen LogP contribution in [0.25, 0.3) is 5.69 Å². The summed E-state index contributed by atoms with van der Waals surface area (Å²) in [6, 6.07) is 17.2. The lowest BCUT2D eigenvalue weighted by Crippen LogP contribution is -2.31. The quantitative estimate of drug-likeness (QED) is 0.562. The topological polar surface area (TPSA) is 56.6 Å². The predicted molar refractivity (Wildman–Crippen MR) is 108 cm³/mol. The van der Waals surface area contributed by atoms with E-state index < -0.39 is 0 Å². The van der Waals surface area contributed by atoms with E-state index in [-0.39, 0.29) is 11.6 Å². The lowest BCUT2D eigenvalue weighted by Gasteiger charge is -2.20. The number of aromatic nitrogens is 2. The first-order chi connectivity index (χ1) is 13.7. The summed E-state index contributed by atoms with van der Waals surface area (Å²) in [7, 11) is 3.16. The van der Waals surface area contributed by atoms with Gasteiger partial charge in [-0.05, 0) is 29.8 Å². The molecule has 3 aromatic rings. The third-order valence-corrected chi connectivity index (χ3v) is 4.29. The molecular weight excluding hydrogens is 354 g/mol. The second-order valence-corrected chi connectivity index (χ2v) is 6.15. The van der Waals surface area contributed by atoms with Crippen molar-refractivity contribution in [3.63, 3.8) is 0 Å². The third kappa shape index (κ3) is 4.23. The summed E-state index contributed by atoms with van der Waals surface area (Å²) in [6.45, 7) is 4.59. The van der Waals surface area contributed by atoms with Gasteiger partial charge in [0.25, 0.3) is 5.91 Å². The largest absolute Gasteiger partial charge is 0.497 e. The monoisotopic (exact) mass is 377 g/mol. The summed E-state index contributed by atoms with van der Waals surface area (Å²) in [5.41, 5.74) is 2.10. The van der Waals surface area contributed by atoms with Gasteiger partial charge in [0.05, 0.1) is 26.1 Å². The summed E-state index contributed by atoms with van der Waals surface area (Å²) >= 11 is 0. The molecule has 2 aromatic carbocycles. The molecule has 1 amide bonds. The summed E-state index contributed by atoms with van der Waals surface area (Å²) < 4.78 is 12.2. The van der Waals surface area contributed by atoms with Gasteiger partial charge in [-0.3, -0.25) is 4.79 Å². The number of ether oxygens (including phenoxy) is 2. The smallest absolute Gasteiger partial charge is 0.278 e. The number of hydrogen-bond acceptors (Lipinski definition) is 4. The Morgan fingerprint density at radius 2 is 1.82 bits per heavy atom. The molecule has 0 aliphatic heterocycles. The van der Waals surface area contributed by atoms with E-state index in [0.717, 1.165) is 17.0 Å². The number of benzene rings is 2. The number of carbonyl (C=O) groups excluding carboxylic acids is 1. The summed E-state index contributed by atoms with van der Waals surface area (Å²) in [4.78, 5) is 14.9. The van der Waals surface area contributed by atoms with Gasteiger partial charge in [-0.2, -0.15) is 5.10 Å². The highest BCUT2D eigenvalue weighted by Gasteiger charge is 2.23. The molecule has 0 bridgehead atoms.